The summed E-state index contributed by atoms with van der Waals surface area (Å²) in [6, 6.07) is 1.50. The van der Waals surface area contributed by atoms with Gasteiger partial charge in [-0.15, -0.1) is 0 Å². The van der Waals surface area contributed by atoms with Gasteiger partial charge >= 0.3 is 18.1 Å². The monoisotopic (exact) mass is 358 g/mol. The summed E-state index contributed by atoms with van der Waals surface area (Å²) in [5, 5.41) is 0. The van der Waals surface area contributed by atoms with E-state index in [1.807, 2.05) is 26.8 Å². The number of nitrogens with zero attached hydrogens (tertiary/aromatic N) is 2. The quantitative estimate of drug-likeness (QED) is 0.602. The van der Waals surface area contributed by atoms with Gasteiger partial charge in [0.15, 0.2) is 6.61 Å². The number of halogens is 3. The molecule has 0 aromatic carbocycles. The standard InChI is InChI=1S/C17H21F3N2O3/c1-10-4-5-14(13-6-11(2)12(3)21-7-13)22(8-10)15(23)16(24)25-9-17(18,19)20/h6-7,10,14H,4-5,8-9H2,1-3H3. The van der Waals surface area contributed by atoms with Crippen LogP contribution in [0.3, 0.4) is 0 Å². The van der Waals surface area contributed by atoms with E-state index in [-0.39, 0.29) is 12.5 Å². The lowest BCUT2D eigenvalue weighted by molar-refractivity contribution is -0.190. The normalized spacial score (nSPS) is 21.1. The first-order valence-electron chi connectivity index (χ1n) is 8.06. The maximum atomic E-state index is 12.4. The van der Waals surface area contributed by atoms with Crippen LogP contribution in [0.15, 0.2) is 12.3 Å². The van der Waals surface area contributed by atoms with Gasteiger partial charge in [0.2, 0.25) is 0 Å². The number of piperidine rings is 1. The highest BCUT2D eigenvalue weighted by Crippen LogP contribution is 2.33. The van der Waals surface area contributed by atoms with Crippen molar-refractivity contribution in [2.75, 3.05) is 13.2 Å². The molecule has 1 aromatic heterocycles. The van der Waals surface area contributed by atoms with E-state index in [2.05, 4.69) is 9.72 Å². The van der Waals surface area contributed by atoms with Crippen molar-refractivity contribution in [2.24, 2.45) is 5.92 Å². The van der Waals surface area contributed by atoms with Crippen LogP contribution in [0, 0.1) is 19.8 Å². The van der Waals surface area contributed by atoms with Crippen molar-refractivity contribution in [1.29, 1.82) is 0 Å². The van der Waals surface area contributed by atoms with Gasteiger partial charge in [-0.3, -0.25) is 9.78 Å². The second-order valence-corrected chi connectivity index (χ2v) is 6.52. The first kappa shape index (κ1) is 19.2. The molecule has 2 rings (SSSR count). The van der Waals surface area contributed by atoms with E-state index in [4.69, 9.17) is 0 Å². The Balaban J connectivity index is 2.19. The number of aryl methyl sites for hydroxylation is 2. The van der Waals surface area contributed by atoms with Gasteiger partial charge in [0.1, 0.15) is 0 Å². The fraction of sp³-hybridized carbons (Fsp3) is 0.588. The number of rotatable bonds is 2. The molecule has 0 aliphatic carbocycles. The van der Waals surface area contributed by atoms with Gasteiger partial charge in [-0.05, 0) is 43.7 Å². The van der Waals surface area contributed by atoms with Gasteiger partial charge in [0, 0.05) is 18.4 Å². The third-order valence-corrected chi connectivity index (χ3v) is 4.37. The molecule has 1 saturated heterocycles. The number of esters is 1. The van der Waals surface area contributed by atoms with Crippen LogP contribution in [0.1, 0.15) is 42.6 Å². The highest BCUT2D eigenvalue weighted by atomic mass is 19.4. The molecule has 1 aliphatic heterocycles. The number of hydrogen-bond acceptors (Lipinski definition) is 4. The number of likely N-dealkylation sites (tertiary alicyclic amines) is 1. The summed E-state index contributed by atoms with van der Waals surface area (Å²) in [5.74, 6) is -2.37. The van der Waals surface area contributed by atoms with Crippen LogP contribution >= 0.6 is 0 Å². The summed E-state index contributed by atoms with van der Waals surface area (Å²) < 4.78 is 40.7. The predicted molar refractivity (Wildman–Crippen MR) is 83.6 cm³/mol. The number of carbonyl (C=O) groups excluding carboxylic acids is 2. The minimum Gasteiger partial charge on any atom is -0.449 e. The second-order valence-electron chi connectivity index (χ2n) is 6.52. The first-order valence-corrected chi connectivity index (χ1v) is 8.06. The average molecular weight is 358 g/mol. The molecule has 0 saturated carbocycles. The number of amides is 1. The van der Waals surface area contributed by atoms with Crippen LogP contribution in [0.5, 0.6) is 0 Å². The molecule has 0 N–H and O–H groups in total. The predicted octanol–water partition coefficient (Wildman–Crippen LogP) is 3.10. The number of carbonyl (C=O) groups is 2. The minimum absolute atomic E-state index is 0.148. The minimum atomic E-state index is -4.66. The molecular formula is C17H21F3N2O3. The van der Waals surface area contributed by atoms with Crippen molar-refractivity contribution < 1.29 is 27.5 Å². The lowest BCUT2D eigenvalue weighted by atomic mass is 9.90. The first-order chi connectivity index (χ1) is 11.6. The number of aromatic nitrogens is 1. The molecule has 1 amide bonds. The molecule has 1 fully saturated rings. The van der Waals surface area contributed by atoms with Gasteiger partial charge in [-0.25, -0.2) is 4.79 Å². The van der Waals surface area contributed by atoms with E-state index in [9.17, 15) is 22.8 Å². The molecule has 2 atom stereocenters. The van der Waals surface area contributed by atoms with E-state index in [0.717, 1.165) is 23.2 Å². The molecule has 2 heterocycles. The lowest BCUT2D eigenvalue weighted by Gasteiger charge is -2.38. The Morgan fingerprint density at radius 3 is 2.60 bits per heavy atom. The molecular weight excluding hydrogens is 337 g/mol. The molecule has 5 nitrogen and oxygen atoms in total. The van der Waals surface area contributed by atoms with Crippen LogP contribution in [0.25, 0.3) is 0 Å². The van der Waals surface area contributed by atoms with Crippen molar-refractivity contribution >= 4 is 11.9 Å². The third kappa shape index (κ3) is 4.93. The number of alkyl halides is 3. The number of pyridine rings is 1. The van der Waals surface area contributed by atoms with Gasteiger partial charge < -0.3 is 9.64 Å². The van der Waals surface area contributed by atoms with Crippen molar-refractivity contribution in [1.82, 2.24) is 9.88 Å². The van der Waals surface area contributed by atoms with Crippen LogP contribution in [0.4, 0.5) is 13.2 Å². The Morgan fingerprint density at radius 2 is 2.00 bits per heavy atom. The van der Waals surface area contributed by atoms with Crippen molar-refractivity contribution in [3.63, 3.8) is 0 Å². The van der Waals surface area contributed by atoms with Crippen LogP contribution < -0.4 is 0 Å². The van der Waals surface area contributed by atoms with Gasteiger partial charge in [-0.1, -0.05) is 13.0 Å². The Morgan fingerprint density at radius 1 is 1.32 bits per heavy atom. The highest BCUT2D eigenvalue weighted by molar-refractivity contribution is 6.32. The molecule has 25 heavy (non-hydrogen) atoms. The average Bonchev–Trinajstić information content (AvgIpc) is 2.54. The molecule has 0 spiro atoms. The Hall–Kier alpha value is -2.12. The van der Waals surface area contributed by atoms with Crippen LogP contribution in [-0.2, 0) is 14.3 Å². The fourth-order valence-corrected chi connectivity index (χ4v) is 2.90. The maximum Gasteiger partial charge on any atom is 0.422 e. The summed E-state index contributed by atoms with van der Waals surface area (Å²) in [5.41, 5.74) is 2.57. The van der Waals surface area contributed by atoms with Crippen molar-refractivity contribution in [3.8, 4) is 0 Å². The van der Waals surface area contributed by atoms with Gasteiger partial charge in [0.05, 0.1) is 6.04 Å². The third-order valence-electron chi connectivity index (χ3n) is 4.37. The molecule has 1 aromatic rings. The van der Waals surface area contributed by atoms with Crippen LogP contribution in [-0.4, -0.2) is 41.1 Å². The number of ether oxygens (including phenoxy) is 1. The van der Waals surface area contributed by atoms with E-state index < -0.39 is 30.7 Å². The number of hydrogen-bond donors (Lipinski definition) is 0. The van der Waals surface area contributed by atoms with E-state index in [1.165, 1.54) is 4.90 Å². The molecule has 138 valence electrons. The zero-order valence-corrected chi connectivity index (χ0v) is 14.4. The topological polar surface area (TPSA) is 59.5 Å². The van der Waals surface area contributed by atoms with Crippen LogP contribution in [0.2, 0.25) is 0 Å². The SMILES string of the molecule is Cc1cc(C2CCC(C)CN2C(=O)C(=O)OCC(F)(F)F)cnc1C. The largest absolute Gasteiger partial charge is 0.449 e. The van der Waals surface area contributed by atoms with Crippen molar-refractivity contribution in [2.45, 2.75) is 45.8 Å². The Bertz CT molecular complexity index is 661. The molecule has 8 heteroatoms. The lowest BCUT2D eigenvalue weighted by Crippen LogP contribution is -2.45. The molecule has 2 unspecified atom stereocenters. The summed E-state index contributed by atoms with van der Waals surface area (Å²) in [6.45, 7) is 4.20. The highest BCUT2D eigenvalue weighted by Gasteiger charge is 2.37. The Labute approximate surface area is 144 Å². The van der Waals surface area contributed by atoms with Gasteiger partial charge in [-0.2, -0.15) is 13.2 Å². The Kier molecular flexibility index (Phi) is 5.69. The summed E-state index contributed by atoms with van der Waals surface area (Å²) in [7, 11) is 0. The summed E-state index contributed by atoms with van der Waals surface area (Å²) in [4.78, 5) is 29.7. The molecule has 0 radical (unpaired) electrons. The van der Waals surface area contributed by atoms with E-state index in [0.29, 0.717) is 6.42 Å². The smallest absolute Gasteiger partial charge is 0.422 e. The zero-order chi connectivity index (χ0) is 18.8. The molecule has 0 bridgehead atoms. The summed E-state index contributed by atoms with van der Waals surface area (Å²) >= 11 is 0. The summed E-state index contributed by atoms with van der Waals surface area (Å²) in [6.07, 6.45) is -1.56. The van der Waals surface area contributed by atoms with E-state index >= 15 is 0 Å². The molecule has 1 aliphatic rings. The maximum absolute atomic E-state index is 12.4. The van der Waals surface area contributed by atoms with Crippen molar-refractivity contribution in [3.05, 3.63) is 29.1 Å². The zero-order valence-electron chi connectivity index (χ0n) is 14.4. The van der Waals surface area contributed by atoms with E-state index in [1.54, 1.807) is 6.20 Å². The van der Waals surface area contributed by atoms with Gasteiger partial charge in [0.25, 0.3) is 0 Å². The second kappa shape index (κ2) is 7.41. The fourth-order valence-electron chi connectivity index (χ4n) is 2.90.